The van der Waals surface area contributed by atoms with E-state index in [0.717, 1.165) is 37.4 Å². The van der Waals surface area contributed by atoms with Gasteiger partial charge in [-0.25, -0.2) is 0 Å². The molecule has 124 valence electrons. The van der Waals surface area contributed by atoms with Gasteiger partial charge in [-0.1, -0.05) is 42.5 Å². The molecule has 2 aromatic rings. The van der Waals surface area contributed by atoms with Crippen LogP contribution in [0.15, 0.2) is 59.7 Å². The Morgan fingerprint density at radius 3 is 2.25 bits per heavy atom. The lowest BCUT2D eigenvalue weighted by Gasteiger charge is -2.29. The lowest BCUT2D eigenvalue weighted by atomic mass is 10.1. The summed E-state index contributed by atoms with van der Waals surface area (Å²) in [6.07, 6.45) is 0. The summed E-state index contributed by atoms with van der Waals surface area (Å²) >= 11 is 0. The molecule has 24 heavy (non-hydrogen) atoms. The SMILES string of the molecule is CC(=O)C(=NNc1ccc(-c2ccccc2)cc1)N1CCNCC1. The highest BCUT2D eigenvalue weighted by Crippen LogP contribution is 2.21. The number of hydrogen-bond donors (Lipinski definition) is 2. The van der Waals surface area contributed by atoms with Crippen LogP contribution in [0.2, 0.25) is 0 Å². The van der Waals surface area contributed by atoms with Crippen molar-refractivity contribution in [3.05, 3.63) is 54.6 Å². The Balaban J connectivity index is 1.71. The second kappa shape index (κ2) is 7.75. The minimum atomic E-state index is -0.0229. The van der Waals surface area contributed by atoms with E-state index in [4.69, 9.17) is 0 Å². The average molecular weight is 322 g/mol. The molecule has 2 aromatic carbocycles. The Bertz CT molecular complexity index is 704. The number of ketones is 1. The van der Waals surface area contributed by atoms with E-state index in [1.165, 1.54) is 5.56 Å². The van der Waals surface area contributed by atoms with Crippen molar-refractivity contribution in [3.8, 4) is 11.1 Å². The highest BCUT2D eigenvalue weighted by molar-refractivity contribution is 6.37. The second-order valence-corrected chi connectivity index (χ2v) is 5.78. The van der Waals surface area contributed by atoms with Crippen molar-refractivity contribution in [3.63, 3.8) is 0 Å². The molecule has 0 radical (unpaired) electrons. The molecular weight excluding hydrogens is 300 g/mol. The van der Waals surface area contributed by atoms with Gasteiger partial charge in [0.15, 0.2) is 11.6 Å². The molecular formula is C19H22N4O. The molecule has 1 heterocycles. The third kappa shape index (κ3) is 4.00. The van der Waals surface area contributed by atoms with Gasteiger partial charge in [-0.2, -0.15) is 5.10 Å². The molecule has 1 fully saturated rings. The van der Waals surface area contributed by atoms with Gasteiger partial charge in [0.05, 0.1) is 5.69 Å². The first-order valence-electron chi connectivity index (χ1n) is 8.20. The predicted molar refractivity (Wildman–Crippen MR) is 98.1 cm³/mol. The molecule has 0 atom stereocenters. The summed E-state index contributed by atoms with van der Waals surface area (Å²) in [5, 5.41) is 7.61. The lowest BCUT2D eigenvalue weighted by Crippen LogP contribution is -2.48. The van der Waals surface area contributed by atoms with Crippen LogP contribution in [0, 0.1) is 0 Å². The first kappa shape index (κ1) is 16.2. The van der Waals surface area contributed by atoms with Crippen LogP contribution in [0.1, 0.15) is 6.92 Å². The molecule has 1 aliphatic heterocycles. The van der Waals surface area contributed by atoms with Gasteiger partial charge in [0, 0.05) is 33.1 Å². The number of hydrazone groups is 1. The van der Waals surface area contributed by atoms with Gasteiger partial charge in [0.2, 0.25) is 0 Å². The Kier molecular flexibility index (Phi) is 5.23. The van der Waals surface area contributed by atoms with Crippen LogP contribution in [0.4, 0.5) is 5.69 Å². The molecule has 0 spiro atoms. The number of hydrogen-bond acceptors (Lipinski definition) is 4. The molecule has 1 aliphatic rings. The van der Waals surface area contributed by atoms with Crippen molar-refractivity contribution < 1.29 is 4.79 Å². The zero-order chi connectivity index (χ0) is 16.8. The first-order valence-corrected chi connectivity index (χ1v) is 8.20. The normalized spacial score (nSPS) is 15.2. The van der Waals surface area contributed by atoms with Crippen molar-refractivity contribution in [2.45, 2.75) is 6.92 Å². The molecule has 0 bridgehead atoms. The molecule has 5 nitrogen and oxygen atoms in total. The Labute approximate surface area is 142 Å². The summed E-state index contributed by atoms with van der Waals surface area (Å²) in [6, 6.07) is 18.3. The van der Waals surface area contributed by atoms with Gasteiger partial charge in [-0.3, -0.25) is 10.2 Å². The molecule has 0 amide bonds. The maximum absolute atomic E-state index is 11.9. The van der Waals surface area contributed by atoms with E-state index < -0.39 is 0 Å². The van der Waals surface area contributed by atoms with Gasteiger partial charge in [-0.05, 0) is 23.3 Å². The summed E-state index contributed by atoms with van der Waals surface area (Å²) in [5.74, 6) is 0.467. The van der Waals surface area contributed by atoms with Gasteiger partial charge in [-0.15, -0.1) is 0 Å². The number of carbonyl (C=O) groups is 1. The molecule has 0 saturated carbocycles. The van der Waals surface area contributed by atoms with Crippen LogP contribution in [-0.4, -0.2) is 42.7 Å². The fourth-order valence-corrected chi connectivity index (χ4v) is 2.73. The largest absolute Gasteiger partial charge is 0.350 e. The van der Waals surface area contributed by atoms with Crippen LogP contribution in [0.5, 0.6) is 0 Å². The van der Waals surface area contributed by atoms with Crippen LogP contribution >= 0.6 is 0 Å². The van der Waals surface area contributed by atoms with E-state index in [1.54, 1.807) is 6.92 Å². The number of carbonyl (C=O) groups excluding carboxylic acids is 1. The molecule has 2 N–H and O–H groups in total. The Hall–Kier alpha value is -2.66. The van der Waals surface area contributed by atoms with Crippen molar-refractivity contribution in [2.75, 3.05) is 31.6 Å². The van der Waals surface area contributed by atoms with Gasteiger partial charge >= 0.3 is 0 Å². The predicted octanol–water partition coefficient (Wildman–Crippen LogP) is 2.57. The van der Waals surface area contributed by atoms with E-state index in [9.17, 15) is 4.79 Å². The van der Waals surface area contributed by atoms with Crippen molar-refractivity contribution in [2.24, 2.45) is 5.10 Å². The van der Waals surface area contributed by atoms with Crippen molar-refractivity contribution in [1.82, 2.24) is 10.2 Å². The minimum absolute atomic E-state index is 0.0229. The summed E-state index contributed by atoms with van der Waals surface area (Å²) in [6.45, 7) is 4.90. The molecule has 0 unspecified atom stereocenters. The highest BCUT2D eigenvalue weighted by Gasteiger charge is 2.18. The van der Waals surface area contributed by atoms with Crippen molar-refractivity contribution in [1.29, 1.82) is 0 Å². The smallest absolute Gasteiger partial charge is 0.196 e. The van der Waals surface area contributed by atoms with E-state index in [1.807, 2.05) is 47.4 Å². The Morgan fingerprint density at radius 2 is 1.62 bits per heavy atom. The molecule has 3 rings (SSSR count). The quantitative estimate of drug-likeness (QED) is 0.516. The number of nitrogens with one attached hydrogen (secondary N) is 2. The number of benzene rings is 2. The van der Waals surface area contributed by atoms with E-state index >= 15 is 0 Å². The second-order valence-electron chi connectivity index (χ2n) is 5.78. The fourth-order valence-electron chi connectivity index (χ4n) is 2.73. The van der Waals surface area contributed by atoms with Gasteiger partial charge in [0.25, 0.3) is 0 Å². The number of anilines is 1. The topological polar surface area (TPSA) is 56.7 Å². The van der Waals surface area contributed by atoms with Crippen molar-refractivity contribution >= 4 is 17.3 Å². The van der Waals surface area contributed by atoms with Crippen LogP contribution in [-0.2, 0) is 4.79 Å². The highest BCUT2D eigenvalue weighted by atomic mass is 16.1. The standard InChI is InChI=1S/C19H22N4O/c1-15(24)19(23-13-11-20-12-14-23)22-21-18-9-7-17(8-10-18)16-5-3-2-4-6-16/h2-10,20-21H,11-14H2,1H3. The van der Waals surface area contributed by atoms with Crippen LogP contribution in [0.3, 0.4) is 0 Å². The summed E-state index contributed by atoms with van der Waals surface area (Å²) in [7, 11) is 0. The maximum atomic E-state index is 11.9. The summed E-state index contributed by atoms with van der Waals surface area (Å²) in [5.41, 5.74) is 6.20. The average Bonchev–Trinajstić information content (AvgIpc) is 2.64. The van der Waals surface area contributed by atoms with E-state index in [-0.39, 0.29) is 5.78 Å². The number of rotatable bonds is 4. The zero-order valence-electron chi connectivity index (χ0n) is 13.8. The lowest BCUT2D eigenvalue weighted by molar-refractivity contribution is -0.111. The van der Waals surface area contributed by atoms with Crippen LogP contribution < -0.4 is 10.7 Å². The minimum Gasteiger partial charge on any atom is -0.350 e. The number of piperazine rings is 1. The Morgan fingerprint density at radius 1 is 1.00 bits per heavy atom. The summed E-state index contributed by atoms with van der Waals surface area (Å²) < 4.78 is 0. The van der Waals surface area contributed by atoms with Gasteiger partial charge < -0.3 is 10.2 Å². The zero-order valence-corrected chi connectivity index (χ0v) is 13.8. The van der Waals surface area contributed by atoms with Crippen LogP contribution in [0.25, 0.3) is 11.1 Å². The molecule has 1 saturated heterocycles. The molecule has 5 heteroatoms. The molecule has 0 aliphatic carbocycles. The molecule has 0 aromatic heterocycles. The van der Waals surface area contributed by atoms with Gasteiger partial charge in [0.1, 0.15) is 0 Å². The van der Waals surface area contributed by atoms with E-state index in [0.29, 0.717) is 5.84 Å². The summed E-state index contributed by atoms with van der Waals surface area (Å²) in [4.78, 5) is 13.9. The number of nitrogens with zero attached hydrogens (tertiary/aromatic N) is 2. The maximum Gasteiger partial charge on any atom is 0.196 e. The third-order valence-electron chi connectivity index (χ3n) is 4.01. The number of Topliss-reactive ketones (excluding diaryl/α,β-unsaturated/α-hetero) is 1. The first-order chi connectivity index (χ1) is 11.7. The monoisotopic (exact) mass is 322 g/mol. The number of amidine groups is 1. The van der Waals surface area contributed by atoms with E-state index in [2.05, 4.69) is 28.0 Å². The fraction of sp³-hybridized carbons (Fsp3) is 0.263. The third-order valence-corrected chi connectivity index (χ3v) is 4.01.